The number of aliphatic hydroxyl groups is 1. The highest BCUT2D eigenvalue weighted by atomic mass is 35.5. The Balaban J connectivity index is 1.80. The van der Waals surface area contributed by atoms with Crippen molar-refractivity contribution in [3.05, 3.63) is 82.4 Å². The lowest BCUT2D eigenvalue weighted by atomic mass is 9.67. The molecule has 2 saturated heterocycles. The zero-order valence-electron chi connectivity index (χ0n) is 24.9. The summed E-state index contributed by atoms with van der Waals surface area (Å²) in [4.78, 5) is 18.6. The highest BCUT2D eigenvalue weighted by Crippen LogP contribution is 2.52. The van der Waals surface area contributed by atoms with Crippen molar-refractivity contribution in [3.63, 3.8) is 0 Å². The Morgan fingerprint density at radius 3 is 2.49 bits per heavy atom. The first kappa shape index (κ1) is 32.0. The molecule has 0 aliphatic carbocycles. The molecule has 0 spiro atoms. The first-order valence-electron chi connectivity index (χ1n) is 14.5. The molecular weight excluding hydrogens is 559 g/mol. The minimum atomic E-state index is -1.06. The lowest BCUT2D eigenvalue weighted by molar-refractivity contribution is -0.258. The Morgan fingerprint density at radius 2 is 1.88 bits per heavy atom. The molecule has 2 aromatic carbocycles. The molecule has 224 valence electrons. The van der Waals surface area contributed by atoms with E-state index >= 15 is 0 Å². The molecular formula is C33H44Cl2N2O4. The Kier molecular flexibility index (Phi) is 10.3. The molecule has 0 radical (unpaired) electrons. The fourth-order valence-electron chi connectivity index (χ4n) is 6.41. The first-order valence-corrected chi connectivity index (χ1v) is 15.3. The molecule has 2 aliphatic rings. The number of aliphatic hydroxyl groups excluding tert-OH is 1. The van der Waals surface area contributed by atoms with Crippen molar-refractivity contribution in [3.8, 4) is 0 Å². The number of rotatable bonds is 9. The van der Waals surface area contributed by atoms with Gasteiger partial charge in [-0.2, -0.15) is 0 Å². The van der Waals surface area contributed by atoms with Crippen LogP contribution in [0.3, 0.4) is 0 Å². The van der Waals surface area contributed by atoms with Crippen molar-refractivity contribution >= 4 is 29.1 Å². The van der Waals surface area contributed by atoms with E-state index in [0.717, 1.165) is 11.1 Å². The summed E-state index contributed by atoms with van der Waals surface area (Å²) in [7, 11) is 0. The zero-order valence-corrected chi connectivity index (χ0v) is 26.4. The summed E-state index contributed by atoms with van der Waals surface area (Å²) >= 11 is 12.8. The highest BCUT2D eigenvalue weighted by molar-refractivity contribution is 6.30. The van der Waals surface area contributed by atoms with Gasteiger partial charge in [-0.05, 0) is 75.4 Å². The topological polar surface area (TPSA) is 62.2 Å². The molecule has 1 amide bonds. The van der Waals surface area contributed by atoms with E-state index in [1.807, 2.05) is 81.1 Å². The molecule has 1 unspecified atom stereocenters. The summed E-state index contributed by atoms with van der Waals surface area (Å²) < 4.78 is 12.2. The number of amides is 1. The summed E-state index contributed by atoms with van der Waals surface area (Å²) in [5.74, 6) is 0.0516. The van der Waals surface area contributed by atoms with Gasteiger partial charge in [0, 0.05) is 29.1 Å². The van der Waals surface area contributed by atoms with Gasteiger partial charge in [-0.25, -0.2) is 0 Å². The van der Waals surface area contributed by atoms with E-state index in [2.05, 4.69) is 24.5 Å². The monoisotopic (exact) mass is 602 g/mol. The zero-order chi connectivity index (χ0) is 29.9. The first-order chi connectivity index (χ1) is 19.4. The minimum absolute atomic E-state index is 0.0268. The van der Waals surface area contributed by atoms with E-state index in [0.29, 0.717) is 49.0 Å². The summed E-state index contributed by atoms with van der Waals surface area (Å²) in [6, 6.07) is 15.2. The van der Waals surface area contributed by atoms with Gasteiger partial charge < -0.3 is 19.5 Å². The number of halogens is 2. The third-order valence-corrected chi connectivity index (χ3v) is 8.77. The standard InChI is InChI=1S/C33H44Cl2N2O4/c1-7-16-33(6)20-26(23-10-9-11-25(35)19-23)29(22-12-14-24(34)15-13-22)37(30(33)38)27(8-2)28-21-36(17-18-40-28)31(39)41-32(3,4)5/h7,9-15,19,26-29,31,39H,1,8,16-18,20-21H2,2-6H3/t26-,27-,28+,29-,31?,33+/m1/s1. The number of benzene rings is 2. The number of morpholine rings is 1. The molecule has 2 aromatic rings. The van der Waals surface area contributed by atoms with Crippen LogP contribution in [0.4, 0.5) is 0 Å². The molecule has 0 aromatic heterocycles. The van der Waals surface area contributed by atoms with Gasteiger partial charge >= 0.3 is 0 Å². The third kappa shape index (κ3) is 7.35. The number of nitrogens with zero attached hydrogens (tertiary/aromatic N) is 2. The van der Waals surface area contributed by atoms with Crippen molar-refractivity contribution in [2.24, 2.45) is 5.41 Å². The predicted octanol–water partition coefficient (Wildman–Crippen LogP) is 7.20. The van der Waals surface area contributed by atoms with Gasteiger partial charge in [0.25, 0.3) is 0 Å². The van der Waals surface area contributed by atoms with Crippen LogP contribution in [0, 0.1) is 5.41 Å². The molecule has 41 heavy (non-hydrogen) atoms. The molecule has 1 N–H and O–H groups in total. The maximum atomic E-state index is 14.7. The van der Waals surface area contributed by atoms with Crippen molar-refractivity contribution in [2.75, 3.05) is 19.7 Å². The molecule has 4 rings (SSSR count). The molecule has 2 aliphatic heterocycles. The normalized spacial score (nSPS) is 27.5. The van der Waals surface area contributed by atoms with E-state index in [1.165, 1.54) is 0 Å². The van der Waals surface area contributed by atoms with Crippen molar-refractivity contribution in [1.29, 1.82) is 0 Å². The second kappa shape index (κ2) is 13.2. The number of hydrogen-bond acceptors (Lipinski definition) is 5. The maximum absolute atomic E-state index is 14.7. The molecule has 0 saturated carbocycles. The van der Waals surface area contributed by atoms with E-state index in [9.17, 15) is 9.90 Å². The summed E-state index contributed by atoms with van der Waals surface area (Å²) in [5.41, 5.74) is 0.932. The SMILES string of the molecule is C=CC[C@@]1(C)C[C@H](c2cccc(Cl)c2)[C@@H](c2ccc(Cl)cc2)N([C@H](CC)[C@@H]2CN(C(O)OC(C)(C)C)CCO2)C1=O. The maximum Gasteiger partial charge on any atom is 0.229 e. The van der Waals surface area contributed by atoms with Crippen LogP contribution < -0.4 is 0 Å². The number of allylic oxidation sites excluding steroid dienone is 1. The van der Waals surface area contributed by atoms with Gasteiger partial charge in [-0.3, -0.25) is 9.69 Å². The number of ether oxygens (including phenoxy) is 2. The predicted molar refractivity (Wildman–Crippen MR) is 165 cm³/mol. The van der Waals surface area contributed by atoms with Crippen molar-refractivity contribution in [2.45, 2.75) is 90.0 Å². The van der Waals surface area contributed by atoms with E-state index < -0.39 is 17.4 Å². The molecule has 2 heterocycles. The molecule has 0 bridgehead atoms. The van der Waals surface area contributed by atoms with Crippen LogP contribution >= 0.6 is 23.2 Å². The second-order valence-electron chi connectivity index (χ2n) is 12.6. The number of likely N-dealkylation sites (tertiary alicyclic amines) is 1. The number of piperidine rings is 1. The van der Waals surface area contributed by atoms with Crippen LogP contribution in [0.5, 0.6) is 0 Å². The highest BCUT2D eigenvalue weighted by Gasteiger charge is 2.52. The average Bonchev–Trinajstić information content (AvgIpc) is 2.91. The fourth-order valence-corrected chi connectivity index (χ4v) is 6.74. The van der Waals surface area contributed by atoms with Gasteiger partial charge in [0.05, 0.1) is 35.8 Å². The molecule has 6 nitrogen and oxygen atoms in total. The molecule has 2 fully saturated rings. The summed E-state index contributed by atoms with van der Waals surface area (Å²) in [6.07, 6.45) is 2.34. The summed E-state index contributed by atoms with van der Waals surface area (Å²) in [5, 5.41) is 12.2. The van der Waals surface area contributed by atoms with Crippen molar-refractivity contribution < 1.29 is 19.4 Å². The van der Waals surface area contributed by atoms with Crippen molar-refractivity contribution in [1.82, 2.24) is 9.80 Å². The van der Waals surface area contributed by atoms with Crippen LogP contribution in [-0.4, -0.2) is 64.7 Å². The average molecular weight is 604 g/mol. The van der Waals surface area contributed by atoms with E-state index in [4.69, 9.17) is 32.7 Å². The smallest absolute Gasteiger partial charge is 0.229 e. The quantitative estimate of drug-likeness (QED) is 0.243. The Morgan fingerprint density at radius 1 is 1.17 bits per heavy atom. The van der Waals surface area contributed by atoms with Gasteiger partial charge in [0.2, 0.25) is 12.3 Å². The number of carbonyl (C=O) groups excluding carboxylic acids is 1. The van der Waals surface area contributed by atoms with Crippen LogP contribution in [0.15, 0.2) is 61.2 Å². The van der Waals surface area contributed by atoms with Crippen LogP contribution in [0.2, 0.25) is 10.0 Å². The lowest BCUT2D eigenvalue weighted by Crippen LogP contribution is -2.62. The van der Waals surface area contributed by atoms with Gasteiger partial charge in [-0.1, -0.05) is 67.4 Å². The summed E-state index contributed by atoms with van der Waals surface area (Å²) in [6.45, 7) is 15.3. The lowest BCUT2D eigenvalue weighted by Gasteiger charge is -2.54. The third-order valence-electron chi connectivity index (χ3n) is 8.29. The van der Waals surface area contributed by atoms with Gasteiger partial charge in [-0.15, -0.1) is 6.58 Å². The van der Waals surface area contributed by atoms with Crippen LogP contribution in [0.1, 0.15) is 77.0 Å². The minimum Gasteiger partial charge on any atom is -0.373 e. The van der Waals surface area contributed by atoms with Gasteiger partial charge in [0.15, 0.2) is 0 Å². The molecule has 8 heteroatoms. The Hall–Kier alpha value is -1.93. The largest absolute Gasteiger partial charge is 0.373 e. The van der Waals surface area contributed by atoms with Crippen LogP contribution in [0.25, 0.3) is 0 Å². The Labute approximate surface area is 255 Å². The van der Waals surface area contributed by atoms with Crippen LogP contribution in [-0.2, 0) is 14.3 Å². The van der Waals surface area contributed by atoms with E-state index in [1.54, 1.807) is 0 Å². The fraction of sp³-hybridized carbons (Fsp3) is 0.545. The Bertz CT molecular complexity index is 1200. The molecule has 6 atom stereocenters. The number of hydrogen-bond donors (Lipinski definition) is 1. The second-order valence-corrected chi connectivity index (χ2v) is 13.4. The van der Waals surface area contributed by atoms with E-state index in [-0.39, 0.29) is 30.0 Å². The number of carbonyl (C=O) groups is 1. The van der Waals surface area contributed by atoms with Gasteiger partial charge in [0.1, 0.15) is 0 Å².